The first-order valence-corrected chi connectivity index (χ1v) is 8.21. The van der Waals surface area contributed by atoms with Gasteiger partial charge in [0.15, 0.2) is 0 Å². The molecule has 1 saturated carbocycles. The van der Waals surface area contributed by atoms with Gasteiger partial charge < -0.3 is 10.2 Å². The number of nitrogens with one attached hydrogen (secondary N) is 1. The van der Waals surface area contributed by atoms with E-state index in [2.05, 4.69) is 5.32 Å². The number of nitrogens with zero attached hydrogens (tertiary/aromatic N) is 1. The van der Waals surface area contributed by atoms with Crippen LogP contribution in [0, 0.1) is 0 Å². The van der Waals surface area contributed by atoms with Crippen LogP contribution in [0.2, 0.25) is 5.02 Å². The molecule has 2 rings (SSSR count). The smallest absolute Gasteiger partial charge is 0.239 e. The molecule has 1 aliphatic carbocycles. The van der Waals surface area contributed by atoms with Gasteiger partial charge in [-0.1, -0.05) is 36.6 Å². The zero-order valence-corrected chi connectivity index (χ0v) is 13.7. The summed E-state index contributed by atoms with van der Waals surface area (Å²) in [6.45, 7) is 2.15. The number of carbonyl (C=O) groups is 2. The fourth-order valence-electron chi connectivity index (χ4n) is 2.82. The van der Waals surface area contributed by atoms with E-state index >= 15 is 0 Å². The molecule has 120 valence electrons. The van der Waals surface area contributed by atoms with E-state index in [1.165, 1.54) is 19.8 Å². The van der Waals surface area contributed by atoms with Crippen LogP contribution in [0.4, 0.5) is 0 Å². The third kappa shape index (κ3) is 5.34. The summed E-state index contributed by atoms with van der Waals surface area (Å²) < 4.78 is 0. The molecule has 1 aromatic carbocycles. The molecule has 0 aromatic heterocycles. The zero-order chi connectivity index (χ0) is 15.9. The molecule has 0 radical (unpaired) electrons. The first-order valence-electron chi connectivity index (χ1n) is 7.84. The van der Waals surface area contributed by atoms with E-state index in [4.69, 9.17) is 11.6 Å². The fraction of sp³-hybridized carbons (Fsp3) is 0.529. The van der Waals surface area contributed by atoms with Gasteiger partial charge in [0.2, 0.25) is 11.8 Å². The molecule has 0 unspecified atom stereocenters. The van der Waals surface area contributed by atoms with E-state index in [-0.39, 0.29) is 24.4 Å². The standard InChI is InChI=1S/C17H23ClN2O2/c1-13(21)20(10-9-14-5-4-6-15(18)11-14)12-17(22)19-16-7-2-3-8-16/h4-6,11,16H,2-3,7-10,12H2,1H3,(H,19,22). The molecule has 1 aromatic rings. The number of rotatable bonds is 6. The van der Waals surface area contributed by atoms with Gasteiger partial charge in [-0.05, 0) is 37.0 Å². The molecular formula is C17H23ClN2O2. The van der Waals surface area contributed by atoms with Crippen molar-refractivity contribution >= 4 is 23.4 Å². The maximum atomic E-state index is 12.1. The van der Waals surface area contributed by atoms with Crippen molar-refractivity contribution in [1.29, 1.82) is 0 Å². The lowest BCUT2D eigenvalue weighted by molar-refractivity contribution is -0.134. The summed E-state index contributed by atoms with van der Waals surface area (Å²) in [5.74, 6) is -0.142. The fourth-order valence-corrected chi connectivity index (χ4v) is 3.03. The second kappa shape index (κ2) is 8.18. The summed E-state index contributed by atoms with van der Waals surface area (Å²) >= 11 is 5.96. The number of benzene rings is 1. The number of halogens is 1. The molecule has 1 aliphatic rings. The summed E-state index contributed by atoms with van der Waals surface area (Å²) in [4.78, 5) is 25.4. The van der Waals surface area contributed by atoms with Crippen molar-refractivity contribution in [3.63, 3.8) is 0 Å². The number of amides is 2. The summed E-state index contributed by atoms with van der Waals surface area (Å²) in [6.07, 6.45) is 5.14. The minimum absolute atomic E-state index is 0.0619. The van der Waals surface area contributed by atoms with E-state index in [9.17, 15) is 9.59 Å². The Bertz CT molecular complexity index is 527. The van der Waals surface area contributed by atoms with Crippen molar-refractivity contribution in [3.8, 4) is 0 Å². The van der Waals surface area contributed by atoms with Crippen molar-refractivity contribution in [2.45, 2.75) is 45.1 Å². The molecule has 22 heavy (non-hydrogen) atoms. The zero-order valence-electron chi connectivity index (χ0n) is 13.0. The van der Waals surface area contributed by atoms with Gasteiger partial charge >= 0.3 is 0 Å². The minimum atomic E-state index is -0.0800. The molecular weight excluding hydrogens is 300 g/mol. The monoisotopic (exact) mass is 322 g/mol. The highest BCUT2D eigenvalue weighted by Crippen LogP contribution is 2.17. The van der Waals surface area contributed by atoms with E-state index < -0.39 is 0 Å². The average molecular weight is 323 g/mol. The quantitative estimate of drug-likeness (QED) is 0.875. The van der Waals surface area contributed by atoms with Gasteiger partial charge in [0.05, 0.1) is 6.54 Å². The topological polar surface area (TPSA) is 49.4 Å². The van der Waals surface area contributed by atoms with E-state index in [0.29, 0.717) is 18.0 Å². The number of hydrogen-bond acceptors (Lipinski definition) is 2. The average Bonchev–Trinajstić information content (AvgIpc) is 2.96. The lowest BCUT2D eigenvalue weighted by atomic mass is 10.1. The third-order valence-corrected chi connectivity index (χ3v) is 4.29. The van der Waals surface area contributed by atoms with Gasteiger partial charge in [0.1, 0.15) is 0 Å². The largest absolute Gasteiger partial charge is 0.352 e. The summed E-state index contributed by atoms with van der Waals surface area (Å²) in [5, 5.41) is 3.70. The summed E-state index contributed by atoms with van der Waals surface area (Å²) in [5.41, 5.74) is 1.06. The van der Waals surface area contributed by atoms with Crippen molar-refractivity contribution in [3.05, 3.63) is 34.9 Å². The molecule has 0 saturated heterocycles. The Morgan fingerprint density at radius 3 is 2.68 bits per heavy atom. The van der Waals surface area contributed by atoms with E-state index in [1.54, 1.807) is 4.90 Å². The van der Waals surface area contributed by atoms with E-state index in [0.717, 1.165) is 18.4 Å². The predicted octanol–water partition coefficient (Wildman–Crippen LogP) is 2.79. The molecule has 5 heteroatoms. The maximum Gasteiger partial charge on any atom is 0.239 e. The Kier molecular flexibility index (Phi) is 6.25. The predicted molar refractivity (Wildman–Crippen MR) is 87.8 cm³/mol. The Morgan fingerprint density at radius 2 is 2.05 bits per heavy atom. The van der Waals surface area contributed by atoms with Crippen molar-refractivity contribution in [1.82, 2.24) is 10.2 Å². The molecule has 1 N–H and O–H groups in total. The van der Waals surface area contributed by atoms with Crippen molar-refractivity contribution < 1.29 is 9.59 Å². The van der Waals surface area contributed by atoms with Crippen LogP contribution in [0.3, 0.4) is 0 Å². The molecule has 0 heterocycles. The molecule has 0 atom stereocenters. The first kappa shape index (κ1) is 16.8. The van der Waals surface area contributed by atoms with Crippen LogP contribution in [0.25, 0.3) is 0 Å². The SMILES string of the molecule is CC(=O)N(CCc1cccc(Cl)c1)CC(=O)NC1CCCC1. The first-order chi connectivity index (χ1) is 10.5. The Labute approximate surface area is 136 Å². The van der Waals surface area contributed by atoms with Gasteiger partial charge in [-0.25, -0.2) is 0 Å². The minimum Gasteiger partial charge on any atom is -0.352 e. The Balaban J connectivity index is 1.83. The molecule has 2 amide bonds. The highest BCUT2D eigenvalue weighted by molar-refractivity contribution is 6.30. The summed E-state index contributed by atoms with van der Waals surface area (Å²) in [7, 11) is 0. The van der Waals surface area contributed by atoms with Crippen LogP contribution in [0.15, 0.2) is 24.3 Å². The van der Waals surface area contributed by atoms with Crippen molar-refractivity contribution in [2.75, 3.05) is 13.1 Å². The summed E-state index contributed by atoms with van der Waals surface area (Å²) in [6, 6.07) is 7.86. The van der Waals surface area contributed by atoms with Crippen LogP contribution < -0.4 is 5.32 Å². The second-order valence-corrected chi connectivity index (χ2v) is 6.31. The molecule has 4 nitrogen and oxygen atoms in total. The van der Waals surface area contributed by atoms with Crippen LogP contribution in [0.5, 0.6) is 0 Å². The highest BCUT2D eigenvalue weighted by atomic mass is 35.5. The van der Waals surface area contributed by atoms with Gasteiger partial charge in [-0.3, -0.25) is 9.59 Å². The van der Waals surface area contributed by atoms with Crippen LogP contribution in [0.1, 0.15) is 38.2 Å². The lowest BCUT2D eigenvalue weighted by Gasteiger charge is -2.22. The second-order valence-electron chi connectivity index (χ2n) is 5.87. The van der Waals surface area contributed by atoms with Gasteiger partial charge in [0, 0.05) is 24.5 Å². The molecule has 0 bridgehead atoms. The third-order valence-electron chi connectivity index (χ3n) is 4.06. The highest BCUT2D eigenvalue weighted by Gasteiger charge is 2.19. The number of carbonyl (C=O) groups excluding carboxylic acids is 2. The molecule has 0 aliphatic heterocycles. The van der Waals surface area contributed by atoms with Crippen LogP contribution in [-0.2, 0) is 16.0 Å². The van der Waals surface area contributed by atoms with Crippen LogP contribution >= 0.6 is 11.6 Å². The maximum absolute atomic E-state index is 12.1. The van der Waals surface area contributed by atoms with Crippen LogP contribution in [-0.4, -0.2) is 35.8 Å². The molecule has 1 fully saturated rings. The van der Waals surface area contributed by atoms with E-state index in [1.807, 2.05) is 24.3 Å². The Hall–Kier alpha value is -1.55. The van der Waals surface area contributed by atoms with Crippen molar-refractivity contribution in [2.24, 2.45) is 0 Å². The van der Waals surface area contributed by atoms with Gasteiger partial charge in [-0.2, -0.15) is 0 Å². The van der Waals surface area contributed by atoms with Gasteiger partial charge in [0.25, 0.3) is 0 Å². The molecule has 0 spiro atoms. The lowest BCUT2D eigenvalue weighted by Crippen LogP contribution is -2.43. The van der Waals surface area contributed by atoms with Gasteiger partial charge in [-0.15, -0.1) is 0 Å². The number of hydrogen-bond donors (Lipinski definition) is 1. The normalized spacial score (nSPS) is 14.8. The Morgan fingerprint density at radius 1 is 1.32 bits per heavy atom.